The third-order valence-electron chi connectivity index (χ3n) is 3.09. The van der Waals surface area contributed by atoms with Crippen molar-refractivity contribution in [2.24, 2.45) is 0 Å². The summed E-state index contributed by atoms with van der Waals surface area (Å²) in [5, 5.41) is 1.28. The number of ether oxygens (including phenoxy) is 3. The van der Waals surface area contributed by atoms with Crippen molar-refractivity contribution in [1.29, 1.82) is 0 Å². The van der Waals surface area contributed by atoms with Gasteiger partial charge in [0.15, 0.2) is 6.26 Å². The lowest BCUT2D eigenvalue weighted by molar-refractivity contribution is 0.0212. The van der Waals surface area contributed by atoms with Crippen LogP contribution in [0.25, 0.3) is 10.8 Å². The van der Waals surface area contributed by atoms with Crippen LogP contribution in [0.2, 0.25) is 0 Å². The highest BCUT2D eigenvalue weighted by Crippen LogP contribution is 2.26. The highest BCUT2D eigenvalue weighted by Gasteiger charge is 2.22. The summed E-state index contributed by atoms with van der Waals surface area (Å²) in [6.45, 7) is 2.02. The summed E-state index contributed by atoms with van der Waals surface area (Å²) in [6.07, 6.45) is 1.01. The normalized spacial score (nSPS) is 16.9. The second-order valence-electron chi connectivity index (χ2n) is 4.37. The molecule has 0 N–H and O–H groups in total. The first-order valence-corrected chi connectivity index (χ1v) is 6.48. The van der Waals surface area contributed by atoms with Gasteiger partial charge in [-0.15, -0.1) is 0 Å². The molecule has 0 unspecified atom stereocenters. The number of benzene rings is 2. The SMILES string of the molecule is CCO/C1=C/OC(=O)c2cccc3cccc(c23)C(=O)O1. The first kappa shape index (κ1) is 13.2. The maximum absolute atomic E-state index is 12.3. The highest BCUT2D eigenvalue weighted by atomic mass is 16.7. The Morgan fingerprint density at radius 2 is 1.67 bits per heavy atom. The Balaban J connectivity index is 2.23. The lowest BCUT2D eigenvalue weighted by Crippen LogP contribution is -2.08. The zero-order chi connectivity index (χ0) is 14.8. The molecule has 0 saturated carbocycles. The maximum atomic E-state index is 12.3. The first-order valence-electron chi connectivity index (χ1n) is 6.48. The molecular weight excluding hydrogens is 272 g/mol. The van der Waals surface area contributed by atoms with Crippen molar-refractivity contribution in [1.82, 2.24) is 0 Å². The summed E-state index contributed by atoms with van der Waals surface area (Å²) in [6, 6.07) is 10.3. The van der Waals surface area contributed by atoms with Gasteiger partial charge in [0, 0.05) is 5.39 Å². The fraction of sp³-hybridized carbons (Fsp3) is 0.125. The van der Waals surface area contributed by atoms with Gasteiger partial charge in [0.05, 0.1) is 17.7 Å². The second-order valence-corrected chi connectivity index (χ2v) is 4.37. The van der Waals surface area contributed by atoms with Gasteiger partial charge in [-0.1, -0.05) is 24.3 Å². The van der Waals surface area contributed by atoms with Gasteiger partial charge in [-0.3, -0.25) is 0 Å². The molecular formula is C16H12O5. The smallest absolute Gasteiger partial charge is 0.346 e. The number of carbonyl (C=O) groups excluding carboxylic acids is 2. The topological polar surface area (TPSA) is 61.8 Å². The van der Waals surface area contributed by atoms with Crippen molar-refractivity contribution >= 4 is 22.7 Å². The van der Waals surface area contributed by atoms with E-state index >= 15 is 0 Å². The number of esters is 2. The van der Waals surface area contributed by atoms with Crippen LogP contribution in [0.4, 0.5) is 0 Å². The molecule has 1 aliphatic heterocycles. The van der Waals surface area contributed by atoms with Crippen LogP contribution in [0.15, 0.2) is 48.6 Å². The molecule has 0 aromatic heterocycles. The van der Waals surface area contributed by atoms with Gasteiger partial charge in [-0.05, 0) is 24.4 Å². The van der Waals surface area contributed by atoms with E-state index in [0.29, 0.717) is 16.5 Å². The second kappa shape index (κ2) is 5.28. The van der Waals surface area contributed by atoms with Gasteiger partial charge in [0.1, 0.15) is 0 Å². The molecule has 2 aromatic carbocycles. The quantitative estimate of drug-likeness (QED) is 0.793. The summed E-state index contributed by atoms with van der Waals surface area (Å²) < 4.78 is 15.3. The molecule has 21 heavy (non-hydrogen) atoms. The maximum Gasteiger partial charge on any atom is 0.346 e. The molecule has 0 bridgehead atoms. The summed E-state index contributed by atoms with van der Waals surface area (Å²) >= 11 is 0. The minimum absolute atomic E-state index is 0.138. The van der Waals surface area contributed by atoms with Crippen LogP contribution in [-0.2, 0) is 14.2 Å². The van der Waals surface area contributed by atoms with Crippen LogP contribution < -0.4 is 0 Å². The molecule has 0 fully saturated rings. The Morgan fingerprint density at radius 1 is 1.00 bits per heavy atom. The predicted octanol–water partition coefficient (Wildman–Crippen LogP) is 3.00. The fourth-order valence-electron chi connectivity index (χ4n) is 2.22. The molecule has 5 nitrogen and oxygen atoms in total. The molecule has 0 spiro atoms. The van der Waals surface area contributed by atoms with E-state index in [1.54, 1.807) is 31.2 Å². The van der Waals surface area contributed by atoms with E-state index < -0.39 is 11.9 Å². The van der Waals surface area contributed by atoms with Crippen LogP contribution in [-0.4, -0.2) is 18.5 Å². The van der Waals surface area contributed by atoms with E-state index in [1.165, 1.54) is 0 Å². The van der Waals surface area contributed by atoms with Crippen LogP contribution in [0.1, 0.15) is 27.6 Å². The molecule has 3 rings (SSSR count). The number of carbonyl (C=O) groups is 2. The molecule has 1 heterocycles. The van der Waals surface area contributed by atoms with E-state index in [4.69, 9.17) is 14.2 Å². The lowest BCUT2D eigenvalue weighted by atomic mass is 9.99. The van der Waals surface area contributed by atoms with Gasteiger partial charge in [-0.25, -0.2) is 9.59 Å². The Kier molecular flexibility index (Phi) is 3.31. The van der Waals surface area contributed by atoms with Crippen molar-refractivity contribution in [2.45, 2.75) is 6.92 Å². The number of rotatable bonds is 2. The highest BCUT2D eigenvalue weighted by molar-refractivity contribution is 6.13. The largest absolute Gasteiger partial charge is 0.463 e. The van der Waals surface area contributed by atoms with Crippen molar-refractivity contribution in [3.05, 3.63) is 59.7 Å². The van der Waals surface area contributed by atoms with Crippen LogP contribution in [0.3, 0.4) is 0 Å². The third kappa shape index (κ3) is 2.33. The summed E-state index contributed by atoms with van der Waals surface area (Å²) in [5.41, 5.74) is 0.613. The van der Waals surface area contributed by atoms with Crippen molar-refractivity contribution in [3.63, 3.8) is 0 Å². The third-order valence-corrected chi connectivity index (χ3v) is 3.09. The number of hydrogen-bond donors (Lipinski definition) is 0. The number of hydrogen-bond acceptors (Lipinski definition) is 5. The van der Waals surface area contributed by atoms with Crippen LogP contribution in [0.5, 0.6) is 0 Å². The molecule has 0 atom stereocenters. The molecule has 106 valence electrons. The minimum atomic E-state index is -0.592. The van der Waals surface area contributed by atoms with E-state index in [9.17, 15) is 9.59 Å². The summed E-state index contributed by atoms with van der Waals surface area (Å²) in [7, 11) is 0. The van der Waals surface area contributed by atoms with Gasteiger partial charge in [-0.2, -0.15) is 0 Å². The Morgan fingerprint density at radius 3 is 2.33 bits per heavy atom. The monoisotopic (exact) mass is 284 g/mol. The average molecular weight is 284 g/mol. The molecule has 0 saturated heterocycles. The molecule has 0 aliphatic carbocycles. The van der Waals surface area contributed by atoms with Gasteiger partial charge in [0.2, 0.25) is 0 Å². The van der Waals surface area contributed by atoms with E-state index in [0.717, 1.165) is 11.6 Å². The van der Waals surface area contributed by atoms with Gasteiger partial charge in [0.25, 0.3) is 0 Å². The van der Waals surface area contributed by atoms with Crippen molar-refractivity contribution < 1.29 is 23.8 Å². The van der Waals surface area contributed by atoms with Crippen molar-refractivity contribution in [3.8, 4) is 0 Å². The molecule has 1 aliphatic rings. The molecule has 0 radical (unpaired) electrons. The zero-order valence-electron chi connectivity index (χ0n) is 11.3. The lowest BCUT2D eigenvalue weighted by Gasteiger charge is -2.09. The standard InChI is InChI=1S/C16H12O5/c1-2-19-13-9-20-15(17)11-7-3-5-10-6-4-8-12(14(10)11)16(18)21-13/h3-9H,2H2,1H3/b13-9-. The van der Waals surface area contributed by atoms with Crippen LogP contribution in [0, 0.1) is 0 Å². The Hall–Kier alpha value is -2.82. The zero-order valence-corrected chi connectivity index (χ0v) is 11.3. The average Bonchev–Trinajstić information content (AvgIpc) is 2.54. The fourth-order valence-corrected chi connectivity index (χ4v) is 2.22. The van der Waals surface area contributed by atoms with Gasteiger partial charge < -0.3 is 14.2 Å². The Labute approximate surface area is 120 Å². The van der Waals surface area contributed by atoms with Crippen LogP contribution >= 0.6 is 0 Å². The molecule has 2 aromatic rings. The molecule has 5 heteroatoms. The van der Waals surface area contributed by atoms with E-state index in [-0.39, 0.29) is 12.6 Å². The number of cyclic esters (lactones) is 2. The predicted molar refractivity (Wildman–Crippen MR) is 74.5 cm³/mol. The first-order chi connectivity index (χ1) is 10.2. The summed E-state index contributed by atoms with van der Waals surface area (Å²) in [5.74, 6) is -1.30. The van der Waals surface area contributed by atoms with Crippen molar-refractivity contribution in [2.75, 3.05) is 6.61 Å². The van der Waals surface area contributed by atoms with E-state index in [2.05, 4.69) is 0 Å². The minimum Gasteiger partial charge on any atom is -0.463 e. The Bertz CT molecular complexity index is 755. The van der Waals surface area contributed by atoms with E-state index in [1.807, 2.05) is 12.1 Å². The summed E-state index contributed by atoms with van der Waals surface area (Å²) in [4.78, 5) is 24.4. The molecule has 0 amide bonds. The van der Waals surface area contributed by atoms with Gasteiger partial charge >= 0.3 is 17.9 Å².